The SMILES string of the molecule is CCOC(=O)CCCOc1ccc2c(c1)CCC2=O. The molecule has 0 spiro atoms. The normalized spacial score (nSPS) is 13.2. The fraction of sp³-hybridized carbons (Fsp3) is 0.467. The molecule has 0 atom stereocenters. The van der Waals surface area contributed by atoms with Crippen LogP contribution in [-0.2, 0) is 16.0 Å². The van der Waals surface area contributed by atoms with Gasteiger partial charge < -0.3 is 9.47 Å². The summed E-state index contributed by atoms with van der Waals surface area (Å²) >= 11 is 0. The number of carbonyl (C=O) groups is 2. The molecule has 0 saturated heterocycles. The van der Waals surface area contributed by atoms with Crippen LogP contribution in [0.1, 0.15) is 42.1 Å². The minimum Gasteiger partial charge on any atom is -0.494 e. The van der Waals surface area contributed by atoms with Crippen LogP contribution < -0.4 is 4.74 Å². The number of Topliss-reactive ketones (excluding diaryl/α,β-unsaturated/α-hetero) is 1. The molecule has 0 unspecified atom stereocenters. The Labute approximate surface area is 112 Å². The van der Waals surface area contributed by atoms with E-state index in [1.807, 2.05) is 18.2 Å². The van der Waals surface area contributed by atoms with Gasteiger partial charge in [-0.15, -0.1) is 0 Å². The summed E-state index contributed by atoms with van der Waals surface area (Å²) in [7, 11) is 0. The highest BCUT2D eigenvalue weighted by Crippen LogP contribution is 2.26. The quantitative estimate of drug-likeness (QED) is 0.584. The largest absolute Gasteiger partial charge is 0.494 e. The number of aryl methyl sites for hydroxylation is 1. The van der Waals surface area contributed by atoms with Crippen LogP contribution in [-0.4, -0.2) is 25.0 Å². The fourth-order valence-corrected chi connectivity index (χ4v) is 2.16. The highest BCUT2D eigenvalue weighted by Gasteiger charge is 2.19. The van der Waals surface area contributed by atoms with Crippen molar-refractivity contribution in [3.05, 3.63) is 29.3 Å². The molecule has 0 aliphatic heterocycles. The molecule has 4 nitrogen and oxygen atoms in total. The Morgan fingerprint density at radius 2 is 2.16 bits per heavy atom. The van der Waals surface area contributed by atoms with Gasteiger partial charge in [0.25, 0.3) is 0 Å². The van der Waals surface area contributed by atoms with Gasteiger partial charge in [-0.25, -0.2) is 0 Å². The van der Waals surface area contributed by atoms with Gasteiger partial charge in [0.2, 0.25) is 0 Å². The van der Waals surface area contributed by atoms with Crippen LogP contribution in [0.15, 0.2) is 18.2 Å². The van der Waals surface area contributed by atoms with E-state index in [2.05, 4.69) is 0 Å². The Morgan fingerprint density at radius 1 is 1.32 bits per heavy atom. The van der Waals surface area contributed by atoms with E-state index < -0.39 is 0 Å². The molecule has 1 aliphatic rings. The summed E-state index contributed by atoms with van der Waals surface area (Å²) in [4.78, 5) is 22.6. The van der Waals surface area contributed by atoms with Crippen LogP contribution in [0.2, 0.25) is 0 Å². The maximum atomic E-state index is 11.5. The molecule has 1 aliphatic carbocycles. The lowest BCUT2D eigenvalue weighted by atomic mass is 10.1. The maximum Gasteiger partial charge on any atom is 0.305 e. The van der Waals surface area contributed by atoms with E-state index in [1.54, 1.807) is 6.92 Å². The Hall–Kier alpha value is -1.84. The monoisotopic (exact) mass is 262 g/mol. The van der Waals surface area contributed by atoms with Crippen LogP contribution in [0.5, 0.6) is 5.75 Å². The number of fused-ring (bicyclic) bond motifs is 1. The van der Waals surface area contributed by atoms with Crippen LogP contribution in [0.4, 0.5) is 0 Å². The number of hydrogen-bond donors (Lipinski definition) is 0. The lowest BCUT2D eigenvalue weighted by molar-refractivity contribution is -0.143. The van der Waals surface area contributed by atoms with Crippen molar-refractivity contribution in [3.63, 3.8) is 0 Å². The molecule has 4 heteroatoms. The average molecular weight is 262 g/mol. The highest BCUT2D eigenvalue weighted by atomic mass is 16.5. The Balaban J connectivity index is 1.78. The first kappa shape index (κ1) is 13.6. The van der Waals surface area contributed by atoms with Gasteiger partial charge in [0.15, 0.2) is 5.78 Å². The van der Waals surface area contributed by atoms with Gasteiger partial charge in [-0.3, -0.25) is 9.59 Å². The Morgan fingerprint density at radius 3 is 2.95 bits per heavy atom. The number of ether oxygens (including phenoxy) is 2. The molecule has 0 heterocycles. The van der Waals surface area contributed by atoms with Gasteiger partial charge in [-0.2, -0.15) is 0 Å². The predicted molar refractivity (Wildman–Crippen MR) is 70.5 cm³/mol. The van der Waals surface area contributed by atoms with Gasteiger partial charge >= 0.3 is 5.97 Å². The first-order chi connectivity index (χ1) is 9.20. The summed E-state index contributed by atoms with van der Waals surface area (Å²) in [5.41, 5.74) is 1.88. The first-order valence-corrected chi connectivity index (χ1v) is 6.65. The molecule has 0 bridgehead atoms. The van der Waals surface area contributed by atoms with E-state index in [9.17, 15) is 9.59 Å². The number of ketones is 1. The highest BCUT2D eigenvalue weighted by molar-refractivity contribution is 6.00. The number of carbonyl (C=O) groups excluding carboxylic acids is 2. The zero-order valence-electron chi connectivity index (χ0n) is 11.1. The van der Waals surface area contributed by atoms with Crippen molar-refractivity contribution in [1.82, 2.24) is 0 Å². The van der Waals surface area contributed by atoms with E-state index in [1.165, 1.54) is 0 Å². The van der Waals surface area contributed by atoms with Gasteiger partial charge in [-0.1, -0.05) is 0 Å². The van der Waals surface area contributed by atoms with Crippen LogP contribution in [0.3, 0.4) is 0 Å². The molecule has 0 radical (unpaired) electrons. The van der Waals surface area contributed by atoms with E-state index >= 15 is 0 Å². The van der Waals surface area contributed by atoms with Crippen LogP contribution >= 0.6 is 0 Å². The third-order valence-electron chi connectivity index (χ3n) is 3.10. The number of benzene rings is 1. The van der Waals surface area contributed by atoms with Crippen LogP contribution in [0, 0.1) is 0 Å². The van der Waals surface area contributed by atoms with Crippen molar-refractivity contribution in [2.45, 2.75) is 32.6 Å². The molecule has 0 N–H and O–H groups in total. The van der Waals surface area contributed by atoms with E-state index in [4.69, 9.17) is 9.47 Å². The summed E-state index contributed by atoms with van der Waals surface area (Å²) in [6.45, 7) is 2.68. The van der Waals surface area contributed by atoms with E-state index in [-0.39, 0.29) is 11.8 Å². The van der Waals surface area contributed by atoms with Gasteiger partial charge in [0.1, 0.15) is 5.75 Å². The van der Waals surface area contributed by atoms with Crippen molar-refractivity contribution >= 4 is 11.8 Å². The first-order valence-electron chi connectivity index (χ1n) is 6.65. The Kier molecular flexibility index (Phi) is 4.55. The molecule has 19 heavy (non-hydrogen) atoms. The predicted octanol–water partition coefficient (Wildman–Crippen LogP) is 2.54. The van der Waals surface area contributed by atoms with Crippen molar-refractivity contribution in [2.75, 3.05) is 13.2 Å². The molecular weight excluding hydrogens is 244 g/mol. The molecule has 0 saturated carbocycles. The zero-order valence-corrected chi connectivity index (χ0v) is 11.1. The molecule has 2 rings (SSSR count). The zero-order chi connectivity index (χ0) is 13.7. The van der Waals surface area contributed by atoms with Crippen molar-refractivity contribution in [3.8, 4) is 5.75 Å². The molecule has 0 fully saturated rings. The summed E-state index contributed by atoms with van der Waals surface area (Å²) in [5.74, 6) is 0.784. The second-order valence-electron chi connectivity index (χ2n) is 4.50. The average Bonchev–Trinajstić information content (AvgIpc) is 2.76. The topological polar surface area (TPSA) is 52.6 Å². The van der Waals surface area contributed by atoms with E-state index in [0.29, 0.717) is 32.5 Å². The number of hydrogen-bond acceptors (Lipinski definition) is 4. The lowest BCUT2D eigenvalue weighted by Crippen LogP contribution is -2.06. The molecule has 0 amide bonds. The number of rotatable bonds is 6. The number of esters is 1. The van der Waals surface area contributed by atoms with Crippen molar-refractivity contribution < 1.29 is 19.1 Å². The lowest BCUT2D eigenvalue weighted by Gasteiger charge is -2.07. The molecule has 102 valence electrons. The smallest absolute Gasteiger partial charge is 0.305 e. The summed E-state index contributed by atoms with van der Waals surface area (Å²) < 4.78 is 10.4. The third kappa shape index (κ3) is 3.56. The fourth-order valence-electron chi connectivity index (χ4n) is 2.16. The van der Waals surface area contributed by atoms with Gasteiger partial charge in [0, 0.05) is 18.4 Å². The molecule has 1 aromatic rings. The summed E-state index contributed by atoms with van der Waals surface area (Å²) in [6, 6.07) is 5.56. The molecule has 1 aromatic carbocycles. The minimum absolute atomic E-state index is 0.189. The second kappa shape index (κ2) is 6.36. The van der Waals surface area contributed by atoms with Crippen LogP contribution in [0.25, 0.3) is 0 Å². The third-order valence-corrected chi connectivity index (χ3v) is 3.10. The standard InChI is InChI=1S/C15H18O4/c1-2-18-15(17)4-3-9-19-12-6-7-13-11(10-12)5-8-14(13)16/h6-7,10H,2-5,8-9H2,1H3. The Bertz CT molecular complexity index is 479. The van der Waals surface area contributed by atoms with Gasteiger partial charge in [0.05, 0.1) is 13.2 Å². The minimum atomic E-state index is -0.189. The van der Waals surface area contributed by atoms with E-state index in [0.717, 1.165) is 23.3 Å². The van der Waals surface area contributed by atoms with Gasteiger partial charge in [-0.05, 0) is 43.5 Å². The summed E-state index contributed by atoms with van der Waals surface area (Å²) in [5, 5.41) is 0. The molecule has 0 aromatic heterocycles. The second-order valence-corrected chi connectivity index (χ2v) is 4.50. The molecular formula is C15H18O4. The maximum absolute atomic E-state index is 11.5. The summed E-state index contributed by atoms with van der Waals surface area (Å²) in [6.07, 6.45) is 2.40. The van der Waals surface area contributed by atoms with Crippen molar-refractivity contribution in [2.24, 2.45) is 0 Å². The van der Waals surface area contributed by atoms with Crippen molar-refractivity contribution in [1.29, 1.82) is 0 Å².